The quantitative estimate of drug-likeness (QED) is 0.484. The van der Waals surface area contributed by atoms with Crippen molar-refractivity contribution in [2.24, 2.45) is 0 Å². The summed E-state index contributed by atoms with van der Waals surface area (Å²) in [5.41, 5.74) is 3.64. The monoisotopic (exact) mass is 503 g/mol. The minimum Gasteiger partial charge on any atom is -0.496 e. The summed E-state index contributed by atoms with van der Waals surface area (Å²) in [7, 11) is 1.63. The molecule has 0 radical (unpaired) electrons. The van der Waals surface area contributed by atoms with Crippen molar-refractivity contribution in [2.45, 2.75) is 39.4 Å². The van der Waals surface area contributed by atoms with Gasteiger partial charge in [-0.15, -0.1) is 5.10 Å². The van der Waals surface area contributed by atoms with Gasteiger partial charge in [0.1, 0.15) is 5.75 Å². The van der Waals surface area contributed by atoms with Crippen molar-refractivity contribution in [1.82, 2.24) is 24.6 Å². The normalized spacial score (nSPS) is 15.3. The molecule has 3 heterocycles. The number of aryl methyl sites for hydroxylation is 1. The van der Waals surface area contributed by atoms with Crippen molar-refractivity contribution < 1.29 is 17.9 Å². The molecule has 0 bridgehead atoms. The molecule has 0 aliphatic carbocycles. The number of aromatic nitrogens is 4. The van der Waals surface area contributed by atoms with E-state index in [1.165, 1.54) is 4.90 Å². The van der Waals surface area contributed by atoms with Crippen LogP contribution in [0.3, 0.4) is 0 Å². The van der Waals surface area contributed by atoms with E-state index in [0.29, 0.717) is 50.2 Å². The van der Waals surface area contributed by atoms with Gasteiger partial charge in [-0.05, 0) is 57.0 Å². The number of anilines is 3. The van der Waals surface area contributed by atoms with E-state index in [1.54, 1.807) is 13.3 Å². The lowest BCUT2D eigenvalue weighted by Crippen LogP contribution is -2.37. The van der Waals surface area contributed by atoms with Gasteiger partial charge in [0.2, 0.25) is 11.9 Å². The zero-order valence-corrected chi connectivity index (χ0v) is 21.0. The highest BCUT2D eigenvalue weighted by molar-refractivity contribution is 5.74. The number of pyridine rings is 1. The van der Waals surface area contributed by atoms with Crippen molar-refractivity contribution in [3.05, 3.63) is 42.2 Å². The van der Waals surface area contributed by atoms with Crippen LogP contribution in [-0.4, -0.2) is 70.7 Å². The summed E-state index contributed by atoms with van der Waals surface area (Å²) in [5, 5.41) is 7.90. The Morgan fingerprint density at radius 3 is 2.58 bits per heavy atom. The van der Waals surface area contributed by atoms with E-state index in [2.05, 4.69) is 15.4 Å². The molecule has 0 amide bonds. The summed E-state index contributed by atoms with van der Waals surface area (Å²) in [6.45, 7) is 6.86. The Morgan fingerprint density at radius 1 is 1.08 bits per heavy atom. The lowest BCUT2D eigenvalue weighted by molar-refractivity contribution is -0.145. The standard InChI is InChI=1S/C25H32F3N7O/c1-17(2)35-24(34-11-5-10-33(12-13-34)16-25(26,27)28)31-23(32-35)30-20-6-7-21(22(15-20)36-4)19-8-9-29-18(3)14-19/h6-9,14-15,17H,5,10-13,16H2,1-4H3,(H,30,32). The van der Waals surface area contributed by atoms with Crippen LogP contribution < -0.4 is 15.0 Å². The van der Waals surface area contributed by atoms with Crippen LogP contribution in [0, 0.1) is 6.92 Å². The van der Waals surface area contributed by atoms with Crippen LogP contribution in [0.5, 0.6) is 5.75 Å². The lowest BCUT2D eigenvalue weighted by atomic mass is 10.0. The van der Waals surface area contributed by atoms with E-state index < -0.39 is 12.7 Å². The fraction of sp³-hybridized carbons (Fsp3) is 0.480. The number of nitrogens with zero attached hydrogens (tertiary/aromatic N) is 6. The minimum atomic E-state index is -4.20. The number of rotatable bonds is 7. The molecule has 0 saturated carbocycles. The molecule has 1 N–H and O–H groups in total. The molecule has 1 aliphatic heterocycles. The Hall–Kier alpha value is -3.34. The number of hydrogen-bond acceptors (Lipinski definition) is 7. The van der Waals surface area contributed by atoms with E-state index >= 15 is 0 Å². The summed E-state index contributed by atoms with van der Waals surface area (Å²) >= 11 is 0. The third kappa shape index (κ3) is 6.26. The number of methoxy groups -OCH3 is 1. The van der Waals surface area contributed by atoms with Gasteiger partial charge >= 0.3 is 6.18 Å². The zero-order valence-electron chi connectivity index (χ0n) is 21.0. The number of benzene rings is 1. The largest absolute Gasteiger partial charge is 0.496 e. The van der Waals surface area contributed by atoms with Crippen LogP contribution in [0.2, 0.25) is 0 Å². The van der Waals surface area contributed by atoms with E-state index in [1.807, 2.05) is 60.7 Å². The van der Waals surface area contributed by atoms with Crippen molar-refractivity contribution in [1.29, 1.82) is 0 Å². The molecule has 8 nitrogen and oxygen atoms in total. The van der Waals surface area contributed by atoms with Gasteiger partial charge in [0.25, 0.3) is 0 Å². The third-order valence-electron chi connectivity index (χ3n) is 6.04. The fourth-order valence-electron chi connectivity index (χ4n) is 4.36. The summed E-state index contributed by atoms with van der Waals surface area (Å²) in [6.07, 6.45) is -1.81. The first-order valence-corrected chi connectivity index (χ1v) is 12.0. The second kappa shape index (κ2) is 10.7. The number of ether oxygens (including phenoxy) is 1. The average Bonchev–Trinajstić information content (AvgIpc) is 3.10. The van der Waals surface area contributed by atoms with Crippen LogP contribution in [0.25, 0.3) is 11.1 Å². The Kier molecular flexibility index (Phi) is 7.67. The van der Waals surface area contributed by atoms with Gasteiger partial charge in [-0.25, -0.2) is 4.68 Å². The maximum atomic E-state index is 12.9. The van der Waals surface area contributed by atoms with Crippen molar-refractivity contribution in [2.75, 3.05) is 50.1 Å². The van der Waals surface area contributed by atoms with E-state index in [9.17, 15) is 13.2 Å². The third-order valence-corrected chi connectivity index (χ3v) is 6.04. The number of hydrogen-bond donors (Lipinski definition) is 1. The first-order chi connectivity index (χ1) is 17.1. The van der Waals surface area contributed by atoms with Gasteiger partial charge in [0.05, 0.1) is 19.7 Å². The number of nitrogens with one attached hydrogen (secondary N) is 1. The molecule has 1 saturated heterocycles. The van der Waals surface area contributed by atoms with Crippen LogP contribution in [0.15, 0.2) is 36.5 Å². The highest BCUT2D eigenvalue weighted by Crippen LogP contribution is 2.33. The maximum Gasteiger partial charge on any atom is 0.401 e. The van der Waals surface area contributed by atoms with Crippen LogP contribution in [0.4, 0.5) is 30.8 Å². The number of halogens is 3. The van der Waals surface area contributed by atoms with Gasteiger partial charge in [0.15, 0.2) is 0 Å². The van der Waals surface area contributed by atoms with Crippen molar-refractivity contribution in [3.63, 3.8) is 0 Å². The molecule has 0 atom stereocenters. The Balaban J connectivity index is 1.54. The summed E-state index contributed by atoms with van der Waals surface area (Å²) in [4.78, 5) is 12.4. The molecule has 3 aromatic rings. The molecule has 1 aromatic carbocycles. The fourth-order valence-corrected chi connectivity index (χ4v) is 4.36. The highest BCUT2D eigenvalue weighted by Gasteiger charge is 2.32. The second-order valence-corrected chi connectivity index (χ2v) is 9.23. The molecular formula is C25H32F3N7O. The van der Waals surface area contributed by atoms with Gasteiger partial charge < -0.3 is 15.0 Å². The molecule has 2 aromatic heterocycles. The molecule has 1 fully saturated rings. The SMILES string of the molecule is COc1cc(Nc2nc(N3CCCN(CC(F)(F)F)CC3)n(C(C)C)n2)ccc1-c1ccnc(C)c1. The van der Waals surface area contributed by atoms with Crippen LogP contribution in [-0.2, 0) is 0 Å². The van der Waals surface area contributed by atoms with Crippen molar-refractivity contribution >= 4 is 17.6 Å². The van der Waals surface area contributed by atoms with Crippen LogP contribution in [0.1, 0.15) is 32.0 Å². The number of alkyl halides is 3. The van der Waals surface area contributed by atoms with E-state index in [0.717, 1.165) is 22.5 Å². The maximum absolute atomic E-state index is 12.9. The Morgan fingerprint density at radius 2 is 1.89 bits per heavy atom. The predicted molar refractivity (Wildman–Crippen MR) is 134 cm³/mol. The molecule has 4 rings (SSSR count). The first kappa shape index (κ1) is 25.7. The van der Waals surface area contributed by atoms with Gasteiger partial charge in [0, 0.05) is 55.4 Å². The summed E-state index contributed by atoms with van der Waals surface area (Å²) in [5.74, 6) is 1.77. The van der Waals surface area contributed by atoms with E-state index in [-0.39, 0.29) is 6.04 Å². The lowest BCUT2D eigenvalue weighted by Gasteiger charge is -2.24. The smallest absolute Gasteiger partial charge is 0.401 e. The van der Waals surface area contributed by atoms with Gasteiger partial charge in [-0.2, -0.15) is 18.2 Å². The average molecular weight is 504 g/mol. The predicted octanol–water partition coefficient (Wildman–Crippen LogP) is 5.06. The van der Waals surface area contributed by atoms with Crippen LogP contribution >= 0.6 is 0 Å². The molecule has 0 spiro atoms. The highest BCUT2D eigenvalue weighted by atomic mass is 19.4. The van der Waals surface area contributed by atoms with Crippen molar-refractivity contribution in [3.8, 4) is 16.9 Å². The molecular weight excluding hydrogens is 471 g/mol. The first-order valence-electron chi connectivity index (χ1n) is 12.0. The summed E-state index contributed by atoms with van der Waals surface area (Å²) in [6, 6.07) is 9.77. The zero-order chi connectivity index (χ0) is 25.9. The molecule has 0 unspecified atom stereocenters. The minimum absolute atomic E-state index is 0.0319. The second-order valence-electron chi connectivity index (χ2n) is 9.23. The molecule has 11 heteroatoms. The van der Waals surface area contributed by atoms with Gasteiger partial charge in [-0.3, -0.25) is 9.88 Å². The molecule has 36 heavy (non-hydrogen) atoms. The Bertz CT molecular complexity index is 1180. The van der Waals surface area contributed by atoms with Gasteiger partial charge in [-0.1, -0.05) is 0 Å². The summed E-state index contributed by atoms with van der Waals surface area (Å²) < 4.78 is 46.0. The molecule has 1 aliphatic rings. The topological polar surface area (TPSA) is 71.3 Å². The molecule has 194 valence electrons. The Labute approximate surface area is 209 Å². The van der Waals surface area contributed by atoms with E-state index in [4.69, 9.17) is 9.72 Å².